The molecule has 2 aromatic carbocycles. The maximum atomic E-state index is 17.3. The summed E-state index contributed by atoms with van der Waals surface area (Å²) >= 11 is 6.12. The highest BCUT2D eigenvalue weighted by molar-refractivity contribution is 8.07. The zero-order valence-corrected chi connectivity index (χ0v) is 40.9. The molecular weight excluding hydrogens is 950 g/mol. The number of anilines is 1. The minimum Gasteiger partial charge on any atom is -0.408 e. The average Bonchev–Trinajstić information content (AvgIpc) is 4.07. The Balaban J connectivity index is 1.19. The second-order valence-electron chi connectivity index (χ2n) is 17.3. The number of hydrogen-bond donors (Lipinski definition) is 1. The van der Waals surface area contributed by atoms with Crippen LogP contribution in [0, 0.1) is 20.1 Å². The Kier molecular flexibility index (Phi) is 14.5. The third kappa shape index (κ3) is 10.3. The molecule has 3 fully saturated rings. The van der Waals surface area contributed by atoms with Gasteiger partial charge in [-0.15, -0.1) is 5.10 Å². The van der Waals surface area contributed by atoms with Gasteiger partial charge >= 0.3 is 14.5 Å². The number of alkyl halides is 1. The molecule has 0 aliphatic carbocycles. The van der Waals surface area contributed by atoms with Gasteiger partial charge in [0.25, 0.3) is 5.91 Å². The van der Waals surface area contributed by atoms with Crippen LogP contribution in [-0.4, -0.2) is 125 Å². The molecule has 0 saturated carbocycles. The van der Waals surface area contributed by atoms with E-state index in [0.29, 0.717) is 16.6 Å². The van der Waals surface area contributed by atoms with Gasteiger partial charge in [0.05, 0.1) is 25.1 Å². The second-order valence-corrected chi connectivity index (χ2v) is 26.7. The fourth-order valence-electron chi connectivity index (χ4n) is 7.40. The van der Waals surface area contributed by atoms with Crippen LogP contribution in [-0.2, 0) is 57.4 Å². The molecule has 1 amide bonds. The van der Waals surface area contributed by atoms with E-state index in [2.05, 4.69) is 61.0 Å². The molecule has 21 nitrogen and oxygen atoms in total. The number of carbonyl (C=O) groups is 1. The minimum atomic E-state index is -4.84. The van der Waals surface area contributed by atoms with Gasteiger partial charge in [-0.2, -0.15) is 0 Å². The largest absolute Gasteiger partial charge is 0.475 e. The number of halogens is 1. The number of nitrogens with one attached hydrogen (secondary N) is 1. The minimum absolute atomic E-state index is 0.0497. The van der Waals surface area contributed by atoms with E-state index >= 15 is 4.39 Å². The van der Waals surface area contributed by atoms with Crippen LogP contribution in [0.2, 0.25) is 18.1 Å². The summed E-state index contributed by atoms with van der Waals surface area (Å²) < 4.78 is 92.4. The Morgan fingerprint density at radius 3 is 2.39 bits per heavy atom. The van der Waals surface area contributed by atoms with Crippen molar-refractivity contribution in [3.05, 3.63) is 95.1 Å². The number of hydrogen-bond acceptors (Lipinski definition) is 17. The van der Waals surface area contributed by atoms with Crippen molar-refractivity contribution in [1.29, 1.82) is 0 Å². The van der Waals surface area contributed by atoms with Crippen LogP contribution in [0.5, 0.6) is 0 Å². The van der Waals surface area contributed by atoms with Crippen molar-refractivity contribution in [3.63, 3.8) is 0 Å². The van der Waals surface area contributed by atoms with E-state index in [-0.39, 0.29) is 41.7 Å². The number of rotatable bonds is 12. The summed E-state index contributed by atoms with van der Waals surface area (Å²) in [4.78, 5) is 32.7. The SMILES string of the molecule is [C-]#[N+]CCOP1(=O)OC[C@H]2O[C@@H](n3nnc4c(C)cccc43)[C@H](OP(=S)(OCC[N+]#[C-])OC[C@H]3O[C@@H](n4cnc5c(NC(=O)c6ccccc6)ncnc54)[C@H](F)[C@@H]3O1)[C@@H]2O[Si](C)(C)C(C)(C)C. The monoisotopic (exact) mass is 998 g/mol. The standard InChI is InChI=1S/C41H49FN10O11P2SSi/c1-25-13-12-16-27-31(25)49-50-52(27)40-35-34(63-67(7,8)41(2,3)4)29(60-40)21-57-64(54,55-19-17-43-5)61-33-28(22-58-65(66,62-35)56-20-18-44-6)59-39(30(33)42)51-24-47-32-36(45-23-46-37(32)51)48-38(53)26-14-10-9-11-15-26/h9-16,23-24,28-30,33-35,39-40H,17-22H2,1-4,7-8H3,(H,45,46,48,53)/t28-,29-,30-,33-,34-,35-,39-,40-,64?,65?/m1/s1. The molecule has 6 heterocycles. The predicted molar refractivity (Wildman–Crippen MR) is 245 cm³/mol. The summed E-state index contributed by atoms with van der Waals surface area (Å²) in [6, 6.07) is 14.0. The third-order valence-electron chi connectivity index (χ3n) is 11.8. The Bertz CT molecular complexity index is 2790. The smallest absolute Gasteiger partial charge is 0.408 e. The van der Waals surface area contributed by atoms with E-state index in [9.17, 15) is 9.36 Å². The number of aromatic nitrogens is 7. The van der Waals surface area contributed by atoms with Gasteiger partial charge in [-0.25, -0.2) is 41.7 Å². The number of carbonyl (C=O) groups excluding carboxylic acids is 1. The van der Waals surface area contributed by atoms with Crippen LogP contribution in [0.1, 0.15) is 49.1 Å². The zero-order valence-electron chi connectivity index (χ0n) is 37.3. The maximum Gasteiger partial charge on any atom is 0.475 e. The maximum absolute atomic E-state index is 17.3. The summed E-state index contributed by atoms with van der Waals surface area (Å²) in [6.45, 7) is 20.9. The van der Waals surface area contributed by atoms with Gasteiger partial charge < -0.3 is 38.0 Å². The summed E-state index contributed by atoms with van der Waals surface area (Å²) in [6.07, 6.45) is -8.84. The third-order valence-corrected chi connectivity index (χ3v) is 20.1. The Morgan fingerprint density at radius 2 is 1.66 bits per heavy atom. The van der Waals surface area contributed by atoms with E-state index < -0.39 is 97.7 Å². The van der Waals surface area contributed by atoms with E-state index in [4.69, 9.17) is 66.0 Å². The van der Waals surface area contributed by atoms with Gasteiger partial charge in [-0.3, -0.25) is 27.5 Å². The van der Waals surface area contributed by atoms with Gasteiger partial charge in [-0.05, 0) is 60.6 Å². The van der Waals surface area contributed by atoms with Gasteiger partial charge in [0.2, 0.25) is 13.1 Å². The number of amides is 1. The zero-order chi connectivity index (χ0) is 47.7. The van der Waals surface area contributed by atoms with Crippen LogP contribution >= 0.6 is 14.5 Å². The van der Waals surface area contributed by atoms with Crippen LogP contribution in [0.15, 0.2) is 61.2 Å². The number of phosphoric acid groups is 1. The molecule has 356 valence electrons. The van der Waals surface area contributed by atoms with Crippen molar-refractivity contribution in [3.8, 4) is 0 Å². The highest BCUT2D eigenvalue weighted by Crippen LogP contribution is 2.59. The van der Waals surface area contributed by atoms with E-state index in [1.807, 2.05) is 38.2 Å². The van der Waals surface area contributed by atoms with Gasteiger partial charge in [0.15, 0.2) is 43.9 Å². The molecule has 1 N–H and O–H groups in total. The predicted octanol–water partition coefficient (Wildman–Crippen LogP) is 7.38. The molecule has 0 spiro atoms. The molecule has 2 unspecified atom stereocenters. The molecule has 3 aliphatic rings. The van der Waals surface area contributed by atoms with Crippen molar-refractivity contribution in [2.24, 2.45) is 0 Å². The normalized spacial score (nSPS) is 29.3. The highest BCUT2D eigenvalue weighted by Gasteiger charge is 2.57. The number of fused-ring (bicyclic) bond motifs is 5. The van der Waals surface area contributed by atoms with Gasteiger partial charge in [-0.1, -0.05) is 56.3 Å². The molecule has 10 atom stereocenters. The summed E-state index contributed by atoms with van der Waals surface area (Å²) in [7, 11) is -7.58. The first-order valence-electron chi connectivity index (χ1n) is 21.2. The molecule has 3 aliphatic heterocycles. The lowest BCUT2D eigenvalue weighted by Crippen LogP contribution is -2.50. The Hall–Kier alpha value is -4.49. The van der Waals surface area contributed by atoms with Crippen LogP contribution < -0.4 is 5.32 Å². The number of nitrogens with zero attached hydrogens (tertiary/aromatic N) is 9. The average molecular weight is 999 g/mol. The topological polar surface area (TPSA) is 212 Å². The molecule has 3 aromatic heterocycles. The highest BCUT2D eigenvalue weighted by atomic mass is 32.5. The lowest BCUT2D eigenvalue weighted by molar-refractivity contribution is -0.0698. The number of benzene rings is 2. The van der Waals surface area contributed by atoms with Crippen LogP contribution in [0.25, 0.3) is 31.9 Å². The second kappa shape index (κ2) is 19.9. The summed E-state index contributed by atoms with van der Waals surface area (Å²) in [5, 5.41) is 11.3. The van der Waals surface area contributed by atoms with Gasteiger partial charge in [0.1, 0.15) is 55.6 Å². The fraction of sp³-hybridized carbons (Fsp3) is 0.512. The number of aryl methyl sites for hydroxylation is 1. The van der Waals surface area contributed by atoms with Crippen LogP contribution in [0.3, 0.4) is 0 Å². The Labute approximate surface area is 391 Å². The fourth-order valence-corrected chi connectivity index (χ4v) is 12.2. The molecule has 26 heteroatoms. The molecule has 67 heavy (non-hydrogen) atoms. The van der Waals surface area contributed by atoms with E-state index in [1.165, 1.54) is 21.9 Å². The molecule has 0 radical (unpaired) electrons. The molecule has 8 rings (SSSR count). The summed E-state index contributed by atoms with van der Waals surface area (Å²) in [5.74, 6) is -0.415. The lowest BCUT2D eigenvalue weighted by Gasteiger charge is -2.41. The van der Waals surface area contributed by atoms with Crippen molar-refractivity contribution in [1.82, 2.24) is 34.5 Å². The van der Waals surface area contributed by atoms with E-state index in [0.717, 1.165) is 5.56 Å². The quantitative estimate of drug-likeness (QED) is 0.0559. The number of ether oxygens (including phenoxy) is 2. The lowest BCUT2D eigenvalue weighted by atomic mass is 10.1. The molecule has 3 saturated heterocycles. The van der Waals surface area contributed by atoms with Crippen molar-refractivity contribution in [2.75, 3.05) is 44.8 Å². The van der Waals surface area contributed by atoms with Gasteiger partial charge in [0, 0.05) is 5.56 Å². The molecule has 5 aromatic rings. The summed E-state index contributed by atoms with van der Waals surface area (Å²) in [5.41, 5.74) is 2.60. The van der Waals surface area contributed by atoms with Crippen molar-refractivity contribution in [2.45, 2.75) is 95.0 Å². The van der Waals surface area contributed by atoms with Crippen molar-refractivity contribution < 1.29 is 54.8 Å². The molecular formula is C41H49FN10O11P2SSi. The molecule has 2 bridgehead atoms. The Morgan fingerprint density at radius 1 is 0.940 bits per heavy atom. The first-order chi connectivity index (χ1) is 31.9. The first kappa shape index (κ1) is 48.9. The van der Waals surface area contributed by atoms with Crippen LogP contribution in [0.4, 0.5) is 10.2 Å². The van der Waals surface area contributed by atoms with Crippen molar-refractivity contribution >= 4 is 68.6 Å². The first-order valence-corrected chi connectivity index (χ1v) is 28.2. The van der Waals surface area contributed by atoms with E-state index in [1.54, 1.807) is 30.3 Å². The number of imidazole rings is 1. The number of phosphoric ester groups is 1.